The van der Waals surface area contributed by atoms with Crippen molar-refractivity contribution in [3.05, 3.63) is 28.5 Å². The van der Waals surface area contributed by atoms with Crippen LogP contribution in [0, 0.1) is 5.92 Å². The highest BCUT2D eigenvalue weighted by Crippen LogP contribution is 2.33. The van der Waals surface area contributed by atoms with Gasteiger partial charge in [-0.05, 0) is 37.0 Å². The van der Waals surface area contributed by atoms with Gasteiger partial charge in [-0.1, -0.05) is 15.9 Å². The lowest BCUT2D eigenvalue weighted by Crippen LogP contribution is -2.26. The SMILES string of the molecule is Cn1c(CC(N)C2CC2)nc2cc(Br)ccc21. The summed E-state index contributed by atoms with van der Waals surface area (Å²) in [7, 11) is 2.07. The van der Waals surface area contributed by atoms with E-state index in [0.29, 0.717) is 0 Å². The molecule has 90 valence electrons. The van der Waals surface area contributed by atoms with E-state index < -0.39 is 0 Å². The Balaban J connectivity index is 1.95. The second-order valence-electron chi connectivity index (χ2n) is 4.93. The maximum atomic E-state index is 6.17. The third-order valence-electron chi connectivity index (χ3n) is 3.58. The van der Waals surface area contributed by atoms with Crippen molar-refractivity contribution in [3.63, 3.8) is 0 Å². The molecule has 2 aromatic rings. The molecule has 3 nitrogen and oxygen atoms in total. The average molecular weight is 294 g/mol. The highest BCUT2D eigenvalue weighted by atomic mass is 79.9. The molecular formula is C13H16BrN3. The predicted molar refractivity (Wildman–Crippen MR) is 72.8 cm³/mol. The number of halogens is 1. The van der Waals surface area contributed by atoms with E-state index in [0.717, 1.165) is 28.2 Å². The monoisotopic (exact) mass is 293 g/mol. The van der Waals surface area contributed by atoms with E-state index >= 15 is 0 Å². The first-order valence-corrected chi connectivity index (χ1v) is 6.81. The third kappa shape index (κ3) is 2.11. The molecule has 0 aliphatic heterocycles. The zero-order chi connectivity index (χ0) is 12.0. The van der Waals surface area contributed by atoms with Gasteiger partial charge in [-0.2, -0.15) is 0 Å². The van der Waals surface area contributed by atoms with Crippen molar-refractivity contribution in [1.82, 2.24) is 9.55 Å². The molecule has 1 aliphatic carbocycles. The van der Waals surface area contributed by atoms with E-state index in [1.54, 1.807) is 0 Å². The van der Waals surface area contributed by atoms with E-state index in [9.17, 15) is 0 Å². The van der Waals surface area contributed by atoms with Gasteiger partial charge in [0.25, 0.3) is 0 Å². The fourth-order valence-electron chi connectivity index (χ4n) is 2.31. The van der Waals surface area contributed by atoms with Crippen LogP contribution in [0.15, 0.2) is 22.7 Å². The first-order chi connectivity index (χ1) is 8.15. The van der Waals surface area contributed by atoms with Crippen molar-refractivity contribution >= 4 is 27.0 Å². The molecule has 1 heterocycles. The van der Waals surface area contributed by atoms with Gasteiger partial charge in [-0.3, -0.25) is 0 Å². The fourth-order valence-corrected chi connectivity index (χ4v) is 2.66. The van der Waals surface area contributed by atoms with Crippen molar-refractivity contribution in [2.24, 2.45) is 18.7 Å². The molecule has 1 aromatic heterocycles. The lowest BCUT2D eigenvalue weighted by molar-refractivity contribution is 0.566. The summed E-state index contributed by atoms with van der Waals surface area (Å²) < 4.78 is 3.23. The Bertz CT molecular complexity index is 557. The van der Waals surface area contributed by atoms with Crippen molar-refractivity contribution < 1.29 is 0 Å². The summed E-state index contributed by atoms with van der Waals surface area (Å²) in [5.41, 5.74) is 8.38. The number of nitrogens with zero attached hydrogens (tertiary/aromatic N) is 2. The fraction of sp³-hybridized carbons (Fsp3) is 0.462. The van der Waals surface area contributed by atoms with E-state index in [1.165, 1.54) is 18.4 Å². The summed E-state index contributed by atoms with van der Waals surface area (Å²) in [5.74, 6) is 1.82. The Morgan fingerprint density at radius 1 is 1.53 bits per heavy atom. The smallest absolute Gasteiger partial charge is 0.111 e. The second-order valence-corrected chi connectivity index (χ2v) is 5.84. The summed E-state index contributed by atoms with van der Waals surface area (Å²) in [5, 5.41) is 0. The minimum atomic E-state index is 0.272. The minimum absolute atomic E-state index is 0.272. The quantitative estimate of drug-likeness (QED) is 0.945. The number of nitrogens with two attached hydrogens (primary N) is 1. The number of aryl methyl sites for hydroxylation is 1. The van der Waals surface area contributed by atoms with Crippen molar-refractivity contribution in [2.75, 3.05) is 0 Å². The Labute approximate surface area is 109 Å². The summed E-state index contributed by atoms with van der Waals surface area (Å²) in [6.07, 6.45) is 3.46. The molecule has 1 atom stereocenters. The number of fused-ring (bicyclic) bond motifs is 1. The first kappa shape index (κ1) is 11.2. The van der Waals surface area contributed by atoms with Gasteiger partial charge in [-0.25, -0.2) is 4.98 Å². The van der Waals surface area contributed by atoms with Crippen LogP contribution in [0.4, 0.5) is 0 Å². The largest absolute Gasteiger partial charge is 0.331 e. The molecule has 1 saturated carbocycles. The average Bonchev–Trinajstić information content (AvgIpc) is 3.07. The lowest BCUT2D eigenvalue weighted by Gasteiger charge is -2.09. The van der Waals surface area contributed by atoms with E-state index in [-0.39, 0.29) is 6.04 Å². The summed E-state index contributed by atoms with van der Waals surface area (Å²) in [6.45, 7) is 0. The van der Waals surface area contributed by atoms with Crippen LogP contribution in [0.25, 0.3) is 11.0 Å². The van der Waals surface area contributed by atoms with Crippen molar-refractivity contribution in [1.29, 1.82) is 0 Å². The standard InChI is InChI=1S/C13H16BrN3/c1-17-12-5-4-9(14)6-11(12)16-13(17)7-10(15)8-2-3-8/h4-6,8,10H,2-3,7,15H2,1H3. The van der Waals surface area contributed by atoms with Crippen LogP contribution in [0.3, 0.4) is 0 Å². The van der Waals surface area contributed by atoms with Gasteiger partial charge in [0.05, 0.1) is 11.0 Å². The van der Waals surface area contributed by atoms with E-state index in [4.69, 9.17) is 5.73 Å². The molecule has 0 spiro atoms. The topological polar surface area (TPSA) is 43.8 Å². The molecule has 2 N–H and O–H groups in total. The Morgan fingerprint density at radius 3 is 3.00 bits per heavy atom. The minimum Gasteiger partial charge on any atom is -0.331 e. The van der Waals surface area contributed by atoms with Gasteiger partial charge < -0.3 is 10.3 Å². The highest BCUT2D eigenvalue weighted by molar-refractivity contribution is 9.10. The molecule has 0 saturated heterocycles. The van der Waals surface area contributed by atoms with Gasteiger partial charge in [0, 0.05) is 24.0 Å². The Hall–Kier alpha value is -0.870. The maximum Gasteiger partial charge on any atom is 0.111 e. The van der Waals surface area contributed by atoms with Gasteiger partial charge in [-0.15, -0.1) is 0 Å². The third-order valence-corrected chi connectivity index (χ3v) is 4.07. The van der Waals surface area contributed by atoms with Crippen LogP contribution < -0.4 is 5.73 Å². The normalized spacial score (nSPS) is 17.6. The Kier molecular flexibility index (Phi) is 2.71. The van der Waals surface area contributed by atoms with Crippen LogP contribution in [-0.2, 0) is 13.5 Å². The predicted octanol–water partition coefficient (Wildman–Crippen LogP) is 2.62. The lowest BCUT2D eigenvalue weighted by atomic mass is 10.1. The van der Waals surface area contributed by atoms with Crippen LogP contribution >= 0.6 is 15.9 Å². The number of imidazole rings is 1. The number of hydrogen-bond acceptors (Lipinski definition) is 2. The number of hydrogen-bond donors (Lipinski definition) is 1. The molecule has 17 heavy (non-hydrogen) atoms. The van der Waals surface area contributed by atoms with Gasteiger partial charge in [0.1, 0.15) is 5.82 Å². The molecule has 1 fully saturated rings. The van der Waals surface area contributed by atoms with E-state index in [1.807, 2.05) is 0 Å². The number of aromatic nitrogens is 2. The van der Waals surface area contributed by atoms with Gasteiger partial charge in [0.2, 0.25) is 0 Å². The van der Waals surface area contributed by atoms with Crippen LogP contribution in [0.2, 0.25) is 0 Å². The summed E-state index contributed by atoms with van der Waals surface area (Å²) in [4.78, 5) is 4.68. The molecular weight excluding hydrogens is 278 g/mol. The van der Waals surface area contributed by atoms with Gasteiger partial charge >= 0.3 is 0 Å². The molecule has 0 amide bonds. The van der Waals surface area contributed by atoms with Crippen LogP contribution in [-0.4, -0.2) is 15.6 Å². The molecule has 3 rings (SSSR count). The molecule has 1 aliphatic rings. The van der Waals surface area contributed by atoms with Gasteiger partial charge in [0.15, 0.2) is 0 Å². The summed E-state index contributed by atoms with van der Waals surface area (Å²) >= 11 is 3.48. The molecule has 0 radical (unpaired) electrons. The first-order valence-electron chi connectivity index (χ1n) is 6.01. The van der Waals surface area contributed by atoms with Crippen LogP contribution in [0.1, 0.15) is 18.7 Å². The van der Waals surface area contributed by atoms with Crippen molar-refractivity contribution in [3.8, 4) is 0 Å². The Morgan fingerprint density at radius 2 is 2.29 bits per heavy atom. The molecule has 1 unspecified atom stereocenters. The number of benzene rings is 1. The zero-order valence-electron chi connectivity index (χ0n) is 9.86. The van der Waals surface area contributed by atoms with Crippen LogP contribution in [0.5, 0.6) is 0 Å². The van der Waals surface area contributed by atoms with E-state index in [2.05, 4.69) is 50.7 Å². The molecule has 4 heteroatoms. The molecule has 0 bridgehead atoms. The number of rotatable bonds is 3. The highest BCUT2D eigenvalue weighted by Gasteiger charge is 2.29. The zero-order valence-corrected chi connectivity index (χ0v) is 11.4. The second kappa shape index (κ2) is 4.10. The molecule has 1 aromatic carbocycles. The van der Waals surface area contributed by atoms with Crippen molar-refractivity contribution in [2.45, 2.75) is 25.3 Å². The summed E-state index contributed by atoms with van der Waals surface area (Å²) in [6, 6.07) is 6.48. The maximum absolute atomic E-state index is 6.17.